The monoisotopic (exact) mass is 317 g/mol. The molecule has 0 aliphatic heterocycles. The van der Waals surface area contributed by atoms with Crippen LogP contribution in [0.2, 0.25) is 5.02 Å². The Bertz CT molecular complexity index is 417. The first-order chi connectivity index (χ1) is 9.31. The Morgan fingerprint density at radius 1 is 1.35 bits per heavy atom. The van der Waals surface area contributed by atoms with Crippen molar-refractivity contribution >= 4 is 23.4 Å². The lowest BCUT2D eigenvalue weighted by Crippen LogP contribution is -2.35. The summed E-state index contributed by atoms with van der Waals surface area (Å²) in [7, 11) is 0. The molecule has 1 rings (SSSR count). The molecule has 4 heteroatoms. The molecule has 1 aromatic rings. The number of thioether (sulfide) groups is 1. The molecule has 1 atom stereocenters. The molecule has 1 nitrogen and oxygen atoms in total. The predicted molar refractivity (Wildman–Crippen MR) is 89.4 cm³/mol. The first kappa shape index (κ1) is 17.8. The van der Waals surface area contributed by atoms with E-state index in [4.69, 9.17) is 11.6 Å². The second-order valence-corrected chi connectivity index (χ2v) is 8.30. The highest BCUT2D eigenvalue weighted by molar-refractivity contribution is 8.00. The van der Waals surface area contributed by atoms with Crippen LogP contribution in [-0.4, -0.2) is 23.1 Å². The van der Waals surface area contributed by atoms with Gasteiger partial charge in [0.1, 0.15) is 5.82 Å². The highest BCUT2D eigenvalue weighted by Gasteiger charge is 2.17. The van der Waals surface area contributed by atoms with Gasteiger partial charge in [-0.2, -0.15) is 11.8 Å². The van der Waals surface area contributed by atoms with Gasteiger partial charge in [-0.3, -0.25) is 0 Å². The van der Waals surface area contributed by atoms with Crippen LogP contribution in [0.25, 0.3) is 0 Å². The Balaban J connectivity index is 2.70. The number of halogens is 2. The molecule has 0 aliphatic rings. The van der Waals surface area contributed by atoms with Crippen molar-refractivity contribution in [2.75, 3.05) is 12.3 Å². The maximum atomic E-state index is 13.8. The third kappa shape index (κ3) is 6.96. The van der Waals surface area contributed by atoms with E-state index >= 15 is 0 Å². The van der Waals surface area contributed by atoms with Gasteiger partial charge in [-0.15, -0.1) is 0 Å². The Hall–Kier alpha value is -0.250. The first-order valence-corrected chi connectivity index (χ1v) is 8.49. The summed E-state index contributed by atoms with van der Waals surface area (Å²) in [5, 5.41) is 4.10. The normalized spacial score (nSPS) is 13.5. The molecule has 0 radical (unpaired) electrons. The van der Waals surface area contributed by atoms with Crippen LogP contribution in [0.1, 0.15) is 39.7 Å². The van der Waals surface area contributed by atoms with Crippen molar-refractivity contribution in [1.29, 1.82) is 0 Å². The number of benzene rings is 1. The Labute approximate surface area is 131 Å². The van der Waals surface area contributed by atoms with Crippen LogP contribution in [-0.2, 0) is 6.42 Å². The minimum Gasteiger partial charge on any atom is -0.313 e. The molecule has 0 aliphatic carbocycles. The average Bonchev–Trinajstić information content (AvgIpc) is 2.36. The van der Waals surface area contributed by atoms with Gasteiger partial charge in [0, 0.05) is 21.6 Å². The van der Waals surface area contributed by atoms with Crippen molar-refractivity contribution in [1.82, 2.24) is 5.32 Å². The highest BCUT2D eigenvalue weighted by atomic mass is 35.5. The summed E-state index contributed by atoms with van der Waals surface area (Å²) in [4.78, 5) is 0. The SMILES string of the molecule is CCCNC(CSC(C)(C)C)Cc1cc(Cl)ccc1F. The maximum Gasteiger partial charge on any atom is 0.126 e. The summed E-state index contributed by atoms with van der Waals surface area (Å²) in [6.07, 6.45) is 1.75. The lowest BCUT2D eigenvalue weighted by atomic mass is 10.1. The van der Waals surface area contributed by atoms with Crippen LogP contribution in [0.3, 0.4) is 0 Å². The van der Waals surface area contributed by atoms with Crippen LogP contribution >= 0.6 is 23.4 Å². The quantitative estimate of drug-likeness (QED) is 0.766. The molecule has 20 heavy (non-hydrogen) atoms. The van der Waals surface area contributed by atoms with Crippen molar-refractivity contribution in [3.05, 3.63) is 34.6 Å². The second-order valence-electron chi connectivity index (χ2n) is 6.01. The summed E-state index contributed by atoms with van der Waals surface area (Å²) < 4.78 is 14.1. The minimum absolute atomic E-state index is 0.168. The van der Waals surface area contributed by atoms with Crippen LogP contribution in [0, 0.1) is 5.82 Å². The van der Waals surface area contributed by atoms with Crippen LogP contribution in [0.5, 0.6) is 0 Å². The summed E-state index contributed by atoms with van der Waals surface area (Å²) >= 11 is 7.87. The largest absolute Gasteiger partial charge is 0.313 e. The van der Waals surface area contributed by atoms with Crippen molar-refractivity contribution in [2.45, 2.75) is 51.3 Å². The topological polar surface area (TPSA) is 12.0 Å². The van der Waals surface area contributed by atoms with Gasteiger partial charge in [0.15, 0.2) is 0 Å². The molecule has 0 amide bonds. The van der Waals surface area contributed by atoms with Gasteiger partial charge in [-0.1, -0.05) is 39.3 Å². The van der Waals surface area contributed by atoms with E-state index in [-0.39, 0.29) is 16.6 Å². The van der Waals surface area contributed by atoms with Gasteiger partial charge in [-0.05, 0) is 43.1 Å². The molecule has 1 aromatic carbocycles. The Kier molecular flexibility index (Phi) is 7.35. The molecule has 1 N–H and O–H groups in total. The molecule has 114 valence electrons. The van der Waals surface area contributed by atoms with Gasteiger partial charge in [-0.25, -0.2) is 4.39 Å². The van der Waals surface area contributed by atoms with E-state index in [1.165, 1.54) is 6.07 Å². The van der Waals surface area contributed by atoms with E-state index in [1.54, 1.807) is 12.1 Å². The zero-order chi connectivity index (χ0) is 15.2. The standard InChI is InChI=1S/C16H25ClFNS/c1-5-8-19-14(11-20-16(2,3)4)10-12-9-13(17)6-7-15(12)18/h6-7,9,14,19H,5,8,10-11H2,1-4H3. The van der Waals surface area contributed by atoms with Crippen LogP contribution in [0.15, 0.2) is 18.2 Å². The summed E-state index contributed by atoms with van der Waals surface area (Å²) in [5.41, 5.74) is 0.695. The van der Waals surface area contributed by atoms with Crippen molar-refractivity contribution in [3.8, 4) is 0 Å². The van der Waals surface area contributed by atoms with Crippen molar-refractivity contribution in [2.24, 2.45) is 0 Å². The second kappa shape index (κ2) is 8.26. The molecule has 0 spiro atoms. The van der Waals surface area contributed by atoms with Gasteiger partial charge in [0.05, 0.1) is 0 Å². The van der Waals surface area contributed by atoms with E-state index in [0.717, 1.165) is 18.7 Å². The summed E-state index contributed by atoms with van der Waals surface area (Å²) in [6.45, 7) is 9.70. The molecule has 0 heterocycles. The van der Waals surface area contributed by atoms with Crippen LogP contribution in [0.4, 0.5) is 4.39 Å². The molecular formula is C16H25ClFNS. The predicted octanol–water partition coefficient (Wildman–Crippen LogP) is 4.92. The zero-order valence-corrected chi connectivity index (χ0v) is 14.4. The number of rotatable bonds is 7. The van der Waals surface area contributed by atoms with E-state index in [2.05, 4.69) is 33.0 Å². The molecular weight excluding hydrogens is 293 g/mol. The zero-order valence-electron chi connectivity index (χ0n) is 12.8. The average molecular weight is 318 g/mol. The molecule has 0 saturated heterocycles. The molecule has 1 unspecified atom stereocenters. The smallest absolute Gasteiger partial charge is 0.126 e. The molecule has 0 saturated carbocycles. The van der Waals surface area contributed by atoms with Crippen molar-refractivity contribution < 1.29 is 4.39 Å². The molecule has 0 aromatic heterocycles. The first-order valence-electron chi connectivity index (χ1n) is 7.13. The number of hydrogen-bond acceptors (Lipinski definition) is 2. The van der Waals surface area contributed by atoms with E-state index in [0.29, 0.717) is 17.0 Å². The van der Waals surface area contributed by atoms with Gasteiger partial charge < -0.3 is 5.32 Å². The van der Waals surface area contributed by atoms with E-state index in [9.17, 15) is 4.39 Å². The highest BCUT2D eigenvalue weighted by Crippen LogP contribution is 2.25. The van der Waals surface area contributed by atoms with Crippen LogP contribution < -0.4 is 5.32 Å². The summed E-state index contributed by atoms with van der Waals surface area (Å²) in [6, 6.07) is 5.05. The lowest BCUT2D eigenvalue weighted by Gasteiger charge is -2.24. The fraction of sp³-hybridized carbons (Fsp3) is 0.625. The van der Waals surface area contributed by atoms with Gasteiger partial charge in [0.25, 0.3) is 0 Å². The molecule has 0 fully saturated rings. The maximum absolute atomic E-state index is 13.8. The van der Waals surface area contributed by atoms with Gasteiger partial charge in [0.2, 0.25) is 0 Å². The third-order valence-electron chi connectivity index (χ3n) is 2.87. The van der Waals surface area contributed by atoms with Crippen molar-refractivity contribution in [3.63, 3.8) is 0 Å². The lowest BCUT2D eigenvalue weighted by molar-refractivity contribution is 0.529. The van der Waals surface area contributed by atoms with E-state index in [1.807, 2.05) is 11.8 Å². The van der Waals surface area contributed by atoms with Gasteiger partial charge >= 0.3 is 0 Å². The fourth-order valence-corrected chi connectivity index (χ4v) is 2.99. The minimum atomic E-state index is -0.168. The Morgan fingerprint density at radius 3 is 2.65 bits per heavy atom. The third-order valence-corrected chi connectivity index (χ3v) is 4.54. The Morgan fingerprint density at radius 2 is 2.05 bits per heavy atom. The van der Waals surface area contributed by atoms with E-state index < -0.39 is 0 Å². The number of hydrogen-bond donors (Lipinski definition) is 1. The number of nitrogens with one attached hydrogen (secondary N) is 1. The summed E-state index contributed by atoms with van der Waals surface area (Å²) in [5.74, 6) is 0.800. The molecule has 0 bridgehead atoms. The fourth-order valence-electron chi connectivity index (χ4n) is 1.85.